The topological polar surface area (TPSA) is 91.9 Å². The summed E-state index contributed by atoms with van der Waals surface area (Å²) in [7, 11) is 0. The third kappa shape index (κ3) is 4.65. The molecule has 1 aromatic carbocycles. The molecule has 136 valence electrons. The smallest absolute Gasteiger partial charge is 0.254 e. The first-order chi connectivity index (χ1) is 13.0. The van der Waals surface area contributed by atoms with Gasteiger partial charge in [-0.2, -0.15) is 0 Å². The second-order valence-electron chi connectivity index (χ2n) is 5.73. The maximum Gasteiger partial charge on any atom is 0.254 e. The van der Waals surface area contributed by atoms with E-state index in [9.17, 15) is 9.18 Å². The van der Waals surface area contributed by atoms with Crippen LogP contribution in [0, 0.1) is 11.2 Å². The summed E-state index contributed by atoms with van der Waals surface area (Å²) in [6.45, 7) is 0.224. The van der Waals surface area contributed by atoms with Gasteiger partial charge < -0.3 is 16.5 Å². The van der Waals surface area contributed by atoms with Crippen LogP contribution < -0.4 is 11.1 Å². The number of hydrogen-bond donors (Lipinski definition) is 3. The minimum absolute atomic E-state index is 0.0993. The van der Waals surface area contributed by atoms with Gasteiger partial charge in [-0.15, -0.1) is 11.3 Å². The number of carbonyl (C=O) groups excluding carboxylic acids is 1. The normalized spacial score (nSPS) is 10.9. The molecular formula is C20H17FN4OS. The van der Waals surface area contributed by atoms with Crippen molar-refractivity contribution < 1.29 is 9.18 Å². The summed E-state index contributed by atoms with van der Waals surface area (Å²) < 4.78 is 14.2. The van der Waals surface area contributed by atoms with Gasteiger partial charge in [-0.3, -0.25) is 9.78 Å². The van der Waals surface area contributed by atoms with Crippen LogP contribution in [0.25, 0.3) is 6.08 Å². The molecule has 3 rings (SSSR count). The molecule has 0 fully saturated rings. The van der Waals surface area contributed by atoms with Crippen LogP contribution in [0.1, 0.15) is 26.4 Å². The van der Waals surface area contributed by atoms with E-state index in [-0.39, 0.29) is 23.5 Å². The van der Waals surface area contributed by atoms with Gasteiger partial charge in [-0.05, 0) is 47.4 Å². The highest BCUT2D eigenvalue weighted by Crippen LogP contribution is 2.20. The van der Waals surface area contributed by atoms with Crippen molar-refractivity contribution >= 4 is 34.7 Å². The van der Waals surface area contributed by atoms with Gasteiger partial charge >= 0.3 is 0 Å². The van der Waals surface area contributed by atoms with Gasteiger partial charge in [0.05, 0.1) is 11.3 Å². The standard InChI is InChI=1S/C20H17FN4OS/c21-17-10-19(23)16(18(22)6-5-14-4-2-8-27-14)9-15(17)20(26)25-12-13-3-1-7-24-11-13/h1-11,22H,12,23H2,(H,25,26)/b6-5+,22-18?. The van der Waals surface area contributed by atoms with Crippen molar-refractivity contribution in [3.63, 3.8) is 0 Å². The number of nitrogen functional groups attached to an aromatic ring is 1. The zero-order chi connectivity index (χ0) is 19.2. The van der Waals surface area contributed by atoms with Crippen LogP contribution in [-0.2, 0) is 6.54 Å². The first-order valence-corrected chi connectivity index (χ1v) is 8.99. The molecule has 4 N–H and O–H groups in total. The summed E-state index contributed by atoms with van der Waals surface area (Å²) >= 11 is 1.54. The van der Waals surface area contributed by atoms with E-state index in [4.69, 9.17) is 11.1 Å². The molecule has 27 heavy (non-hydrogen) atoms. The summed E-state index contributed by atoms with van der Waals surface area (Å²) in [5, 5.41) is 12.8. The third-order valence-electron chi connectivity index (χ3n) is 3.81. The largest absolute Gasteiger partial charge is 0.398 e. The maximum atomic E-state index is 14.2. The maximum absolute atomic E-state index is 14.2. The molecule has 2 aromatic heterocycles. The zero-order valence-corrected chi connectivity index (χ0v) is 15.1. The molecule has 2 heterocycles. The van der Waals surface area contributed by atoms with Gasteiger partial charge in [-0.1, -0.05) is 12.1 Å². The number of nitrogens with zero attached hydrogens (tertiary/aromatic N) is 1. The first kappa shape index (κ1) is 18.5. The minimum Gasteiger partial charge on any atom is -0.398 e. The average Bonchev–Trinajstić information content (AvgIpc) is 3.19. The van der Waals surface area contributed by atoms with E-state index in [2.05, 4.69) is 10.3 Å². The Morgan fingerprint density at radius 3 is 2.85 bits per heavy atom. The number of rotatable bonds is 6. The third-order valence-corrected chi connectivity index (χ3v) is 4.64. The van der Waals surface area contributed by atoms with Crippen molar-refractivity contribution in [3.8, 4) is 0 Å². The quantitative estimate of drug-likeness (QED) is 0.448. The number of benzene rings is 1. The van der Waals surface area contributed by atoms with E-state index >= 15 is 0 Å². The fourth-order valence-corrected chi connectivity index (χ4v) is 3.04. The lowest BCUT2D eigenvalue weighted by Crippen LogP contribution is -2.24. The number of allylic oxidation sites excluding steroid dienone is 1. The molecule has 1 amide bonds. The van der Waals surface area contributed by atoms with Gasteiger partial charge in [-0.25, -0.2) is 4.39 Å². The van der Waals surface area contributed by atoms with E-state index in [0.717, 1.165) is 16.5 Å². The molecule has 0 atom stereocenters. The Balaban J connectivity index is 1.78. The van der Waals surface area contributed by atoms with E-state index < -0.39 is 11.7 Å². The fraction of sp³-hybridized carbons (Fsp3) is 0.0500. The number of thiophene rings is 1. The van der Waals surface area contributed by atoms with Crippen LogP contribution in [0.2, 0.25) is 0 Å². The lowest BCUT2D eigenvalue weighted by Gasteiger charge is -2.10. The molecule has 0 bridgehead atoms. The SMILES string of the molecule is N=C(/C=C/c1cccs1)c1cc(C(=O)NCc2cccnc2)c(F)cc1N. The van der Waals surface area contributed by atoms with Crippen LogP contribution in [0.4, 0.5) is 10.1 Å². The van der Waals surface area contributed by atoms with Crippen molar-refractivity contribution in [2.75, 3.05) is 5.73 Å². The molecule has 0 aliphatic rings. The number of nitrogens with two attached hydrogens (primary N) is 1. The molecule has 0 saturated carbocycles. The number of amides is 1. The lowest BCUT2D eigenvalue weighted by molar-refractivity contribution is 0.0947. The molecule has 0 aliphatic carbocycles. The Labute approximate surface area is 159 Å². The van der Waals surface area contributed by atoms with Gasteiger partial charge in [0, 0.05) is 35.1 Å². The molecular weight excluding hydrogens is 363 g/mol. The first-order valence-electron chi connectivity index (χ1n) is 8.11. The van der Waals surface area contributed by atoms with E-state index in [1.54, 1.807) is 30.6 Å². The minimum atomic E-state index is -0.727. The van der Waals surface area contributed by atoms with Crippen molar-refractivity contribution in [2.24, 2.45) is 0 Å². The summed E-state index contributed by atoms with van der Waals surface area (Å²) in [6.07, 6.45) is 6.60. The number of hydrogen-bond acceptors (Lipinski definition) is 5. The van der Waals surface area contributed by atoms with Crippen molar-refractivity contribution in [1.82, 2.24) is 10.3 Å². The average molecular weight is 380 g/mol. The predicted molar refractivity (Wildman–Crippen MR) is 106 cm³/mol. The Kier molecular flexibility index (Phi) is 5.73. The van der Waals surface area contributed by atoms with Crippen LogP contribution in [0.3, 0.4) is 0 Å². The number of aromatic nitrogens is 1. The Morgan fingerprint density at radius 1 is 1.30 bits per heavy atom. The highest BCUT2D eigenvalue weighted by atomic mass is 32.1. The zero-order valence-electron chi connectivity index (χ0n) is 14.3. The number of anilines is 1. The van der Waals surface area contributed by atoms with Crippen LogP contribution >= 0.6 is 11.3 Å². The van der Waals surface area contributed by atoms with Gasteiger partial charge in [0.15, 0.2) is 0 Å². The van der Waals surface area contributed by atoms with Crippen LogP contribution in [0.15, 0.2) is 60.2 Å². The Morgan fingerprint density at radius 2 is 2.15 bits per heavy atom. The van der Waals surface area contributed by atoms with Crippen molar-refractivity contribution in [3.05, 3.63) is 87.6 Å². The molecule has 0 radical (unpaired) electrons. The van der Waals surface area contributed by atoms with Crippen LogP contribution in [0.5, 0.6) is 0 Å². The van der Waals surface area contributed by atoms with E-state index in [1.807, 2.05) is 23.6 Å². The Bertz CT molecular complexity index is 985. The highest BCUT2D eigenvalue weighted by molar-refractivity contribution is 7.10. The van der Waals surface area contributed by atoms with Gasteiger partial charge in [0.1, 0.15) is 5.82 Å². The molecule has 7 heteroatoms. The summed E-state index contributed by atoms with van der Waals surface area (Å²) in [5.74, 6) is -1.30. The Hall–Kier alpha value is -3.32. The summed E-state index contributed by atoms with van der Waals surface area (Å²) in [6, 6.07) is 9.77. The van der Waals surface area contributed by atoms with E-state index in [1.165, 1.54) is 17.4 Å². The van der Waals surface area contributed by atoms with Gasteiger partial charge in [0.25, 0.3) is 5.91 Å². The monoisotopic (exact) mass is 380 g/mol. The number of nitrogens with one attached hydrogen (secondary N) is 2. The molecule has 0 unspecified atom stereocenters. The molecule has 0 saturated heterocycles. The number of halogens is 1. The van der Waals surface area contributed by atoms with Crippen molar-refractivity contribution in [2.45, 2.75) is 6.54 Å². The lowest BCUT2D eigenvalue weighted by atomic mass is 10.0. The number of carbonyl (C=O) groups is 1. The van der Waals surface area contributed by atoms with Crippen molar-refractivity contribution in [1.29, 1.82) is 5.41 Å². The predicted octanol–water partition coefficient (Wildman–Crippen LogP) is 3.88. The molecule has 5 nitrogen and oxygen atoms in total. The number of pyridine rings is 1. The highest BCUT2D eigenvalue weighted by Gasteiger charge is 2.16. The molecule has 3 aromatic rings. The second kappa shape index (κ2) is 8.37. The summed E-state index contributed by atoms with van der Waals surface area (Å²) in [5.41, 5.74) is 7.01. The van der Waals surface area contributed by atoms with Gasteiger partial charge in [0.2, 0.25) is 0 Å². The molecule has 0 aliphatic heterocycles. The fourth-order valence-electron chi connectivity index (χ4n) is 2.42. The van der Waals surface area contributed by atoms with E-state index in [0.29, 0.717) is 5.56 Å². The van der Waals surface area contributed by atoms with Crippen LogP contribution in [-0.4, -0.2) is 16.6 Å². The summed E-state index contributed by atoms with van der Waals surface area (Å²) in [4.78, 5) is 17.3. The molecule has 0 spiro atoms. The second-order valence-corrected chi connectivity index (χ2v) is 6.70.